The number of nitrogens with zero attached hydrogens (tertiary/aromatic N) is 2. The van der Waals surface area contributed by atoms with Crippen LogP contribution in [0.15, 0.2) is 42.9 Å². The van der Waals surface area contributed by atoms with Crippen LogP contribution in [0.25, 0.3) is 0 Å². The van der Waals surface area contributed by atoms with E-state index in [0.29, 0.717) is 6.54 Å². The van der Waals surface area contributed by atoms with Crippen LogP contribution in [-0.2, 0) is 12.0 Å². The number of benzene rings is 1. The quantitative estimate of drug-likeness (QED) is 0.856. The average Bonchev–Trinajstić information content (AvgIpc) is 2.46. The first-order valence-electron chi connectivity index (χ1n) is 7.20. The zero-order chi connectivity index (χ0) is 15.3. The van der Waals surface area contributed by atoms with Gasteiger partial charge in [0.2, 0.25) is 0 Å². The van der Waals surface area contributed by atoms with E-state index in [2.05, 4.69) is 48.2 Å². The maximum Gasteiger partial charge on any atom is 0.147 e. The predicted molar refractivity (Wildman–Crippen MR) is 84.1 cm³/mol. The Hall–Kier alpha value is -1.94. The van der Waals surface area contributed by atoms with Gasteiger partial charge in [0.1, 0.15) is 12.0 Å². The standard InChI is InChI=1S/C17H23N3O/c1-13(20-12-15-11-18-9-10-19-15)21-16-7-5-14(6-8-16)17(2,3)4/h5-11,13,20H,12H2,1-4H3. The van der Waals surface area contributed by atoms with Gasteiger partial charge in [-0.1, -0.05) is 32.9 Å². The van der Waals surface area contributed by atoms with Crippen molar-refractivity contribution in [2.45, 2.75) is 45.9 Å². The SMILES string of the molecule is CC(NCc1cnccn1)Oc1ccc(C(C)(C)C)cc1. The van der Waals surface area contributed by atoms with Crippen LogP contribution < -0.4 is 10.1 Å². The first-order valence-corrected chi connectivity index (χ1v) is 7.20. The van der Waals surface area contributed by atoms with Crippen LogP contribution in [0.1, 0.15) is 39.0 Å². The van der Waals surface area contributed by atoms with Crippen molar-refractivity contribution < 1.29 is 4.74 Å². The Morgan fingerprint density at radius 3 is 2.43 bits per heavy atom. The summed E-state index contributed by atoms with van der Waals surface area (Å²) >= 11 is 0. The van der Waals surface area contributed by atoms with Gasteiger partial charge in [-0.25, -0.2) is 0 Å². The average molecular weight is 285 g/mol. The number of aromatic nitrogens is 2. The molecule has 0 radical (unpaired) electrons. The van der Waals surface area contributed by atoms with Gasteiger partial charge in [-0.2, -0.15) is 0 Å². The summed E-state index contributed by atoms with van der Waals surface area (Å²) in [6, 6.07) is 8.26. The van der Waals surface area contributed by atoms with Gasteiger partial charge in [-0.3, -0.25) is 15.3 Å². The third-order valence-electron chi connectivity index (χ3n) is 3.22. The van der Waals surface area contributed by atoms with E-state index < -0.39 is 0 Å². The highest BCUT2D eigenvalue weighted by molar-refractivity contribution is 5.31. The van der Waals surface area contributed by atoms with Gasteiger partial charge in [0.05, 0.1) is 5.69 Å². The Morgan fingerprint density at radius 1 is 1.14 bits per heavy atom. The van der Waals surface area contributed by atoms with Gasteiger partial charge in [0, 0.05) is 25.1 Å². The molecular formula is C17H23N3O. The summed E-state index contributed by atoms with van der Waals surface area (Å²) < 4.78 is 5.84. The van der Waals surface area contributed by atoms with Crippen LogP contribution in [0.3, 0.4) is 0 Å². The van der Waals surface area contributed by atoms with Crippen molar-refractivity contribution in [3.05, 3.63) is 54.1 Å². The van der Waals surface area contributed by atoms with E-state index >= 15 is 0 Å². The lowest BCUT2D eigenvalue weighted by Crippen LogP contribution is -2.31. The Labute approximate surface area is 126 Å². The molecule has 1 heterocycles. The van der Waals surface area contributed by atoms with Crippen molar-refractivity contribution in [3.8, 4) is 5.75 Å². The summed E-state index contributed by atoms with van der Waals surface area (Å²) in [5.74, 6) is 0.863. The monoisotopic (exact) mass is 285 g/mol. The molecule has 2 rings (SSSR count). The molecule has 0 aliphatic carbocycles. The normalized spacial score (nSPS) is 13.0. The minimum absolute atomic E-state index is 0.0903. The highest BCUT2D eigenvalue weighted by Gasteiger charge is 2.13. The summed E-state index contributed by atoms with van der Waals surface area (Å²) in [6.07, 6.45) is 5.01. The van der Waals surface area contributed by atoms with Gasteiger partial charge in [0.15, 0.2) is 0 Å². The van der Waals surface area contributed by atoms with Crippen molar-refractivity contribution >= 4 is 0 Å². The lowest BCUT2D eigenvalue weighted by Gasteiger charge is -2.20. The lowest BCUT2D eigenvalue weighted by molar-refractivity contribution is 0.180. The fourth-order valence-corrected chi connectivity index (χ4v) is 1.95. The molecule has 4 nitrogen and oxygen atoms in total. The molecule has 1 aromatic carbocycles. The second-order valence-electron chi connectivity index (χ2n) is 6.11. The molecule has 0 bridgehead atoms. The molecular weight excluding hydrogens is 262 g/mol. The molecule has 1 unspecified atom stereocenters. The molecule has 21 heavy (non-hydrogen) atoms. The largest absolute Gasteiger partial charge is 0.476 e. The van der Waals surface area contributed by atoms with E-state index in [0.717, 1.165) is 11.4 Å². The van der Waals surface area contributed by atoms with Crippen molar-refractivity contribution in [2.24, 2.45) is 0 Å². The van der Waals surface area contributed by atoms with Crippen molar-refractivity contribution in [3.63, 3.8) is 0 Å². The highest BCUT2D eigenvalue weighted by atomic mass is 16.5. The second-order valence-corrected chi connectivity index (χ2v) is 6.11. The van der Waals surface area contributed by atoms with Crippen LogP contribution >= 0.6 is 0 Å². The first kappa shape index (κ1) is 15.4. The molecule has 0 fully saturated rings. The fraction of sp³-hybridized carbons (Fsp3) is 0.412. The van der Waals surface area contributed by atoms with E-state index in [1.54, 1.807) is 18.6 Å². The molecule has 0 spiro atoms. The van der Waals surface area contributed by atoms with E-state index in [-0.39, 0.29) is 11.6 Å². The molecule has 0 aliphatic heterocycles. The van der Waals surface area contributed by atoms with Crippen molar-refractivity contribution in [2.75, 3.05) is 0 Å². The van der Waals surface area contributed by atoms with Gasteiger partial charge >= 0.3 is 0 Å². The molecule has 1 atom stereocenters. The van der Waals surface area contributed by atoms with Crippen molar-refractivity contribution in [1.29, 1.82) is 0 Å². The van der Waals surface area contributed by atoms with Crippen LogP contribution in [0.5, 0.6) is 5.75 Å². The Balaban J connectivity index is 1.86. The van der Waals surface area contributed by atoms with Crippen LogP contribution in [0.2, 0.25) is 0 Å². The smallest absolute Gasteiger partial charge is 0.147 e. The maximum absolute atomic E-state index is 5.84. The summed E-state index contributed by atoms with van der Waals surface area (Å²) in [5, 5.41) is 3.27. The highest BCUT2D eigenvalue weighted by Crippen LogP contribution is 2.24. The first-order chi connectivity index (χ1) is 9.95. The number of hydrogen-bond donors (Lipinski definition) is 1. The molecule has 0 saturated heterocycles. The molecule has 0 saturated carbocycles. The zero-order valence-electron chi connectivity index (χ0n) is 13.1. The lowest BCUT2D eigenvalue weighted by atomic mass is 9.87. The van der Waals surface area contributed by atoms with Gasteiger partial charge in [-0.05, 0) is 30.0 Å². The number of rotatable bonds is 5. The van der Waals surface area contributed by atoms with Gasteiger partial charge in [0.25, 0.3) is 0 Å². The van der Waals surface area contributed by atoms with E-state index in [1.807, 2.05) is 19.1 Å². The van der Waals surface area contributed by atoms with Gasteiger partial charge in [-0.15, -0.1) is 0 Å². The third-order valence-corrected chi connectivity index (χ3v) is 3.22. The van der Waals surface area contributed by atoms with Crippen LogP contribution in [0.4, 0.5) is 0 Å². The molecule has 2 aromatic rings. The van der Waals surface area contributed by atoms with E-state index in [9.17, 15) is 0 Å². The minimum atomic E-state index is -0.0903. The molecule has 4 heteroatoms. The third kappa shape index (κ3) is 4.83. The Morgan fingerprint density at radius 2 is 1.86 bits per heavy atom. The van der Waals surface area contributed by atoms with Gasteiger partial charge < -0.3 is 4.74 Å². The minimum Gasteiger partial charge on any atom is -0.476 e. The molecule has 1 N–H and O–H groups in total. The summed E-state index contributed by atoms with van der Waals surface area (Å²) in [4.78, 5) is 8.25. The van der Waals surface area contributed by atoms with Crippen LogP contribution in [0, 0.1) is 0 Å². The molecule has 1 aromatic heterocycles. The summed E-state index contributed by atoms with van der Waals surface area (Å²) in [6.45, 7) is 9.22. The zero-order valence-corrected chi connectivity index (χ0v) is 13.1. The number of nitrogens with one attached hydrogen (secondary N) is 1. The van der Waals surface area contributed by atoms with Crippen LogP contribution in [-0.4, -0.2) is 16.2 Å². The molecule has 0 aliphatic rings. The number of ether oxygens (including phenoxy) is 1. The summed E-state index contributed by atoms with van der Waals surface area (Å²) in [7, 11) is 0. The molecule has 112 valence electrons. The summed E-state index contributed by atoms with van der Waals surface area (Å²) in [5.41, 5.74) is 2.36. The van der Waals surface area contributed by atoms with Crippen molar-refractivity contribution in [1.82, 2.24) is 15.3 Å². The molecule has 0 amide bonds. The Bertz CT molecular complexity index is 546. The second kappa shape index (κ2) is 6.68. The fourth-order valence-electron chi connectivity index (χ4n) is 1.95. The van der Waals surface area contributed by atoms with E-state index in [1.165, 1.54) is 5.56 Å². The number of hydrogen-bond acceptors (Lipinski definition) is 4. The topological polar surface area (TPSA) is 47.0 Å². The maximum atomic E-state index is 5.84. The Kier molecular flexibility index (Phi) is 4.91. The van der Waals surface area contributed by atoms with E-state index in [4.69, 9.17) is 4.74 Å². The predicted octanol–water partition coefficient (Wildman–Crippen LogP) is 3.29.